The predicted molar refractivity (Wildman–Crippen MR) is 114 cm³/mol. The Morgan fingerprint density at radius 2 is 1.69 bits per heavy atom. The molecule has 2 N–H and O–H groups in total. The van der Waals surface area contributed by atoms with Crippen molar-refractivity contribution in [1.29, 1.82) is 0 Å². The smallest absolute Gasteiger partial charge is 0.329 e. The number of rotatable bonds is 6. The van der Waals surface area contributed by atoms with Crippen LogP contribution in [0.15, 0.2) is 71.8 Å². The number of hydrogen-bond donors (Lipinski definition) is 2. The predicted octanol–water partition coefficient (Wildman–Crippen LogP) is 3.39. The van der Waals surface area contributed by atoms with Gasteiger partial charge in [-0.1, -0.05) is 42.5 Å². The van der Waals surface area contributed by atoms with E-state index in [1.807, 2.05) is 42.5 Å². The van der Waals surface area contributed by atoms with Gasteiger partial charge >= 0.3 is 11.8 Å². The molecule has 0 aliphatic rings. The lowest BCUT2D eigenvalue weighted by Crippen LogP contribution is -2.41. The van der Waals surface area contributed by atoms with Gasteiger partial charge in [0.2, 0.25) is 0 Å². The lowest BCUT2D eigenvalue weighted by Gasteiger charge is -2.09. The van der Waals surface area contributed by atoms with Crippen molar-refractivity contribution in [3.8, 4) is 5.75 Å². The number of hydrogen-bond acceptors (Lipinski definition) is 4. The van der Waals surface area contributed by atoms with Crippen molar-refractivity contribution in [3.05, 3.63) is 77.9 Å². The highest BCUT2D eigenvalue weighted by Gasteiger charge is 2.12. The molecule has 0 aliphatic heterocycles. The van der Waals surface area contributed by atoms with Crippen LogP contribution in [0.25, 0.3) is 10.8 Å². The number of hydrazone groups is 1. The first-order chi connectivity index (χ1) is 14.0. The Kier molecular flexibility index (Phi) is 6.58. The average Bonchev–Trinajstić information content (AvgIpc) is 2.72. The molecule has 0 fully saturated rings. The van der Waals surface area contributed by atoms with Crippen LogP contribution in [0.3, 0.4) is 0 Å². The molecule has 0 aromatic heterocycles. The molecule has 148 valence electrons. The molecule has 0 atom stereocenters. The molecule has 0 saturated carbocycles. The highest BCUT2D eigenvalue weighted by Crippen LogP contribution is 2.20. The van der Waals surface area contributed by atoms with Crippen LogP contribution >= 0.6 is 0 Å². The summed E-state index contributed by atoms with van der Waals surface area (Å²) >= 11 is 0. The number of ether oxygens (including phenoxy) is 1. The summed E-state index contributed by atoms with van der Waals surface area (Å²) in [4.78, 5) is 23.1. The lowest BCUT2D eigenvalue weighted by molar-refractivity contribution is -0.139. The molecule has 0 unspecified atom stereocenters. The van der Waals surface area contributed by atoms with E-state index < -0.39 is 11.8 Å². The second-order valence-electron chi connectivity index (χ2n) is 6.82. The minimum absolute atomic E-state index is 0.112. The number of carbonyl (C=O) groups excluding carboxylic acids is 2. The highest BCUT2D eigenvalue weighted by molar-refractivity contribution is 6.35. The molecule has 0 bridgehead atoms. The first-order valence-corrected chi connectivity index (χ1v) is 9.36. The molecule has 3 rings (SSSR count). The van der Waals surface area contributed by atoms with Crippen LogP contribution in [0, 0.1) is 0 Å². The third kappa shape index (κ3) is 5.65. The van der Waals surface area contributed by atoms with Gasteiger partial charge in [-0.25, -0.2) is 5.43 Å². The highest BCUT2D eigenvalue weighted by atomic mass is 16.5. The van der Waals surface area contributed by atoms with Crippen LogP contribution in [-0.2, 0) is 16.2 Å². The van der Waals surface area contributed by atoms with Gasteiger partial charge in [-0.3, -0.25) is 9.59 Å². The quantitative estimate of drug-likeness (QED) is 0.385. The summed E-state index contributed by atoms with van der Waals surface area (Å²) in [5.74, 6) is -0.783. The molecule has 6 nitrogen and oxygen atoms in total. The first kappa shape index (κ1) is 20.1. The van der Waals surface area contributed by atoms with Gasteiger partial charge in [-0.05, 0) is 60.0 Å². The van der Waals surface area contributed by atoms with Gasteiger partial charge in [0.15, 0.2) is 0 Å². The zero-order valence-electron chi connectivity index (χ0n) is 16.4. The van der Waals surface area contributed by atoms with Gasteiger partial charge in [0, 0.05) is 6.04 Å². The fourth-order valence-corrected chi connectivity index (χ4v) is 2.77. The van der Waals surface area contributed by atoms with Crippen molar-refractivity contribution in [3.63, 3.8) is 0 Å². The molecule has 2 amide bonds. The molecule has 0 spiro atoms. The molecule has 0 radical (unpaired) electrons. The van der Waals surface area contributed by atoms with E-state index in [-0.39, 0.29) is 6.04 Å². The number of benzene rings is 3. The van der Waals surface area contributed by atoms with E-state index in [2.05, 4.69) is 40.1 Å². The Morgan fingerprint density at radius 1 is 0.966 bits per heavy atom. The normalized spacial score (nSPS) is 11.0. The lowest BCUT2D eigenvalue weighted by atomic mass is 10.1. The standard InChI is InChI=1S/C23H23N3O3/c1-16(2)25-22(27)23(28)26-24-14-17-10-12-20(13-11-17)29-15-19-8-5-7-18-6-3-4-9-21(18)19/h3-14,16H,15H2,1-2H3,(H,25,27)(H,26,28)/b24-14-. The van der Waals surface area contributed by atoms with Gasteiger partial charge in [0.1, 0.15) is 12.4 Å². The fourth-order valence-electron chi connectivity index (χ4n) is 2.77. The SMILES string of the molecule is CC(C)NC(=O)C(=O)N/N=C\c1ccc(OCc2cccc3ccccc23)cc1. The van der Waals surface area contributed by atoms with Gasteiger partial charge in [0.25, 0.3) is 0 Å². The maximum atomic E-state index is 11.6. The minimum atomic E-state index is -0.801. The Labute approximate surface area is 169 Å². The minimum Gasteiger partial charge on any atom is -0.489 e. The van der Waals surface area contributed by atoms with E-state index in [0.717, 1.165) is 16.9 Å². The van der Waals surface area contributed by atoms with E-state index >= 15 is 0 Å². The fraction of sp³-hybridized carbons (Fsp3) is 0.174. The molecule has 6 heteroatoms. The van der Waals surface area contributed by atoms with Crippen LogP contribution in [0.1, 0.15) is 25.0 Å². The van der Waals surface area contributed by atoms with E-state index in [1.54, 1.807) is 13.8 Å². The summed E-state index contributed by atoms with van der Waals surface area (Å²) in [5, 5.41) is 8.66. The van der Waals surface area contributed by atoms with Crippen molar-refractivity contribution in [2.75, 3.05) is 0 Å². The second-order valence-corrected chi connectivity index (χ2v) is 6.82. The summed E-state index contributed by atoms with van der Waals surface area (Å²) in [5.41, 5.74) is 4.09. The van der Waals surface area contributed by atoms with E-state index in [4.69, 9.17) is 4.74 Å². The summed E-state index contributed by atoms with van der Waals surface area (Å²) in [6.45, 7) is 4.02. The third-order valence-corrected chi connectivity index (χ3v) is 4.16. The number of fused-ring (bicyclic) bond motifs is 1. The monoisotopic (exact) mass is 389 g/mol. The number of nitrogens with zero attached hydrogens (tertiary/aromatic N) is 1. The molecule has 3 aromatic carbocycles. The molecule has 0 aliphatic carbocycles. The summed E-state index contributed by atoms with van der Waals surface area (Å²) in [6, 6.07) is 21.6. The van der Waals surface area contributed by atoms with Crippen LogP contribution in [0.4, 0.5) is 0 Å². The van der Waals surface area contributed by atoms with Crippen molar-refractivity contribution in [2.45, 2.75) is 26.5 Å². The summed E-state index contributed by atoms with van der Waals surface area (Å²) in [7, 11) is 0. The second kappa shape index (κ2) is 9.50. The number of amides is 2. The van der Waals surface area contributed by atoms with E-state index in [0.29, 0.717) is 6.61 Å². The maximum Gasteiger partial charge on any atom is 0.329 e. The van der Waals surface area contributed by atoms with Crippen molar-refractivity contribution >= 4 is 28.8 Å². The zero-order chi connectivity index (χ0) is 20.6. The molecule has 0 heterocycles. The zero-order valence-corrected chi connectivity index (χ0v) is 16.4. The number of carbonyl (C=O) groups is 2. The van der Waals surface area contributed by atoms with Gasteiger partial charge in [-0.2, -0.15) is 5.10 Å². The topological polar surface area (TPSA) is 79.8 Å². The summed E-state index contributed by atoms with van der Waals surface area (Å²) in [6.07, 6.45) is 1.47. The van der Waals surface area contributed by atoms with Crippen LogP contribution < -0.4 is 15.5 Å². The molecule has 0 saturated heterocycles. The molecular formula is C23H23N3O3. The molecule has 29 heavy (non-hydrogen) atoms. The van der Waals surface area contributed by atoms with Crippen LogP contribution in [0.5, 0.6) is 5.75 Å². The largest absolute Gasteiger partial charge is 0.489 e. The van der Waals surface area contributed by atoms with Gasteiger partial charge in [0.05, 0.1) is 6.21 Å². The Hall–Kier alpha value is -3.67. The molecular weight excluding hydrogens is 366 g/mol. The number of nitrogens with one attached hydrogen (secondary N) is 2. The Bertz CT molecular complexity index is 1020. The van der Waals surface area contributed by atoms with Crippen molar-refractivity contribution in [1.82, 2.24) is 10.7 Å². The van der Waals surface area contributed by atoms with Gasteiger partial charge in [-0.15, -0.1) is 0 Å². The van der Waals surface area contributed by atoms with Crippen LogP contribution in [0.2, 0.25) is 0 Å². The van der Waals surface area contributed by atoms with Crippen LogP contribution in [-0.4, -0.2) is 24.1 Å². The summed E-state index contributed by atoms with van der Waals surface area (Å²) < 4.78 is 5.90. The third-order valence-electron chi connectivity index (χ3n) is 4.16. The van der Waals surface area contributed by atoms with Gasteiger partial charge < -0.3 is 10.1 Å². The van der Waals surface area contributed by atoms with E-state index in [9.17, 15) is 9.59 Å². The maximum absolute atomic E-state index is 11.6. The molecule has 3 aromatic rings. The Balaban J connectivity index is 1.55. The van der Waals surface area contributed by atoms with Crippen molar-refractivity contribution < 1.29 is 14.3 Å². The average molecular weight is 389 g/mol. The Morgan fingerprint density at radius 3 is 2.45 bits per heavy atom. The van der Waals surface area contributed by atoms with E-state index in [1.165, 1.54) is 17.0 Å². The first-order valence-electron chi connectivity index (χ1n) is 9.36. The van der Waals surface area contributed by atoms with Crippen molar-refractivity contribution in [2.24, 2.45) is 5.10 Å².